The number of carbonyl (C=O) groups is 1. The zero-order valence-corrected chi connectivity index (χ0v) is 14.8. The molecule has 1 heterocycles. The van der Waals surface area contributed by atoms with E-state index in [0.717, 1.165) is 31.5 Å². The Bertz CT molecular complexity index is 805. The first-order valence-corrected chi connectivity index (χ1v) is 9.64. The number of ether oxygens (including phenoxy) is 1. The lowest BCUT2D eigenvalue weighted by molar-refractivity contribution is -0.157. The van der Waals surface area contributed by atoms with E-state index in [1.807, 2.05) is 12.1 Å². The SMILES string of the molecule is C=CCNCCCC12c3c4ccc(O)c3OC1C(=O)CCC2(O)C1CC41. The highest BCUT2D eigenvalue weighted by atomic mass is 16.5. The molecule has 26 heavy (non-hydrogen) atoms. The molecular weight excluding hydrogens is 330 g/mol. The average molecular weight is 355 g/mol. The second kappa shape index (κ2) is 5.33. The van der Waals surface area contributed by atoms with Gasteiger partial charge in [0.25, 0.3) is 0 Å². The molecular formula is C21H25NO4. The largest absolute Gasteiger partial charge is 0.504 e. The first-order valence-electron chi connectivity index (χ1n) is 9.64. The van der Waals surface area contributed by atoms with Crippen LogP contribution in [0.5, 0.6) is 11.5 Å². The molecule has 1 aromatic rings. The van der Waals surface area contributed by atoms with Crippen molar-refractivity contribution >= 4 is 5.78 Å². The number of carbonyl (C=O) groups excluding carboxylic acids is 1. The average Bonchev–Trinajstić information content (AvgIpc) is 3.35. The Labute approximate surface area is 153 Å². The quantitative estimate of drug-likeness (QED) is 0.538. The molecule has 5 nitrogen and oxygen atoms in total. The monoisotopic (exact) mass is 355 g/mol. The number of fused-ring (bicyclic) bond motifs is 3. The maximum absolute atomic E-state index is 12.8. The van der Waals surface area contributed by atoms with Gasteiger partial charge in [0.15, 0.2) is 23.4 Å². The van der Waals surface area contributed by atoms with E-state index in [-0.39, 0.29) is 17.5 Å². The molecule has 0 radical (unpaired) electrons. The third-order valence-corrected chi connectivity index (χ3v) is 7.13. The molecule has 2 saturated carbocycles. The van der Waals surface area contributed by atoms with Gasteiger partial charge in [-0.2, -0.15) is 0 Å². The maximum atomic E-state index is 12.8. The van der Waals surface area contributed by atoms with Gasteiger partial charge in [0.2, 0.25) is 0 Å². The van der Waals surface area contributed by atoms with Gasteiger partial charge in [-0.3, -0.25) is 4.79 Å². The van der Waals surface area contributed by atoms with E-state index < -0.39 is 17.1 Å². The molecule has 1 aromatic carbocycles. The van der Waals surface area contributed by atoms with Crippen LogP contribution in [-0.4, -0.2) is 40.8 Å². The van der Waals surface area contributed by atoms with Crippen LogP contribution in [0, 0.1) is 5.92 Å². The molecule has 5 unspecified atom stereocenters. The van der Waals surface area contributed by atoms with Crippen LogP contribution in [0.2, 0.25) is 0 Å². The van der Waals surface area contributed by atoms with Crippen LogP contribution in [0.25, 0.3) is 0 Å². The van der Waals surface area contributed by atoms with E-state index >= 15 is 0 Å². The molecule has 5 atom stereocenters. The van der Waals surface area contributed by atoms with Crippen molar-refractivity contribution in [3.8, 4) is 11.5 Å². The molecule has 0 amide bonds. The summed E-state index contributed by atoms with van der Waals surface area (Å²) in [7, 11) is 0. The van der Waals surface area contributed by atoms with Crippen LogP contribution in [0.1, 0.15) is 49.1 Å². The molecule has 138 valence electrons. The van der Waals surface area contributed by atoms with Crippen molar-refractivity contribution in [2.75, 3.05) is 13.1 Å². The molecule has 3 N–H and O–H groups in total. The van der Waals surface area contributed by atoms with Gasteiger partial charge in [-0.15, -0.1) is 6.58 Å². The Kier molecular flexibility index (Phi) is 3.35. The number of benzene rings is 1. The Morgan fingerprint density at radius 1 is 1.42 bits per heavy atom. The Morgan fingerprint density at radius 2 is 2.27 bits per heavy atom. The lowest BCUT2D eigenvalue weighted by atomic mass is 9.52. The van der Waals surface area contributed by atoms with E-state index in [2.05, 4.69) is 11.9 Å². The fourth-order valence-electron chi connectivity index (χ4n) is 6.03. The first-order chi connectivity index (χ1) is 12.5. The molecule has 5 rings (SSSR count). The number of ketones is 1. The summed E-state index contributed by atoms with van der Waals surface area (Å²) in [6.45, 7) is 5.25. The Morgan fingerprint density at radius 3 is 3.08 bits per heavy atom. The van der Waals surface area contributed by atoms with Crippen LogP contribution in [-0.2, 0) is 10.2 Å². The third-order valence-electron chi connectivity index (χ3n) is 7.13. The number of hydrogen-bond acceptors (Lipinski definition) is 5. The Balaban J connectivity index is 1.63. The lowest BCUT2D eigenvalue weighted by Crippen LogP contribution is -2.65. The molecule has 4 aliphatic rings. The van der Waals surface area contributed by atoms with Crippen molar-refractivity contribution in [1.29, 1.82) is 0 Å². The number of aromatic hydroxyl groups is 1. The van der Waals surface area contributed by atoms with Crippen molar-refractivity contribution < 1.29 is 19.7 Å². The molecule has 0 spiro atoms. The highest BCUT2D eigenvalue weighted by Crippen LogP contribution is 2.73. The van der Waals surface area contributed by atoms with Crippen molar-refractivity contribution in [1.82, 2.24) is 5.32 Å². The minimum absolute atomic E-state index is 0.0503. The van der Waals surface area contributed by atoms with Gasteiger partial charge in [0.05, 0.1) is 11.0 Å². The van der Waals surface area contributed by atoms with E-state index in [9.17, 15) is 15.0 Å². The summed E-state index contributed by atoms with van der Waals surface area (Å²) >= 11 is 0. The Hall–Kier alpha value is -1.85. The molecule has 3 aliphatic carbocycles. The van der Waals surface area contributed by atoms with Gasteiger partial charge in [0, 0.05) is 18.5 Å². The molecule has 5 heteroatoms. The molecule has 0 bridgehead atoms. The predicted octanol–water partition coefficient (Wildman–Crippen LogP) is 2.16. The fraction of sp³-hybridized carbons (Fsp3) is 0.571. The van der Waals surface area contributed by atoms with Crippen LogP contribution in [0.3, 0.4) is 0 Å². The standard InChI is InChI=1S/C21H25NO4/c1-2-9-22-10-3-7-20-17-12-4-5-15(23)18(17)26-19(20)16(24)6-8-21(20,25)14-11-13(12)14/h2,4-5,13-14,19,22-23,25H,1,3,6-11H2. The number of phenols is 1. The maximum Gasteiger partial charge on any atom is 0.174 e. The van der Waals surface area contributed by atoms with Crippen molar-refractivity contribution in [3.63, 3.8) is 0 Å². The summed E-state index contributed by atoms with van der Waals surface area (Å²) in [5.74, 6) is 1.10. The van der Waals surface area contributed by atoms with E-state index in [4.69, 9.17) is 4.74 Å². The fourth-order valence-corrected chi connectivity index (χ4v) is 6.03. The number of rotatable bonds is 6. The smallest absolute Gasteiger partial charge is 0.174 e. The van der Waals surface area contributed by atoms with E-state index in [0.29, 0.717) is 30.9 Å². The van der Waals surface area contributed by atoms with Gasteiger partial charge in [-0.1, -0.05) is 12.1 Å². The summed E-state index contributed by atoms with van der Waals surface area (Å²) in [6, 6.07) is 3.65. The summed E-state index contributed by atoms with van der Waals surface area (Å²) in [5, 5.41) is 25.6. The number of hydrogen-bond donors (Lipinski definition) is 3. The van der Waals surface area contributed by atoms with Gasteiger partial charge < -0.3 is 20.3 Å². The number of Topliss-reactive ketones (excluding diaryl/α,β-unsaturated/α-hetero) is 1. The van der Waals surface area contributed by atoms with Crippen LogP contribution in [0.4, 0.5) is 0 Å². The van der Waals surface area contributed by atoms with Crippen LogP contribution in [0.15, 0.2) is 24.8 Å². The number of aliphatic hydroxyl groups is 1. The van der Waals surface area contributed by atoms with Gasteiger partial charge in [-0.05, 0) is 55.7 Å². The summed E-state index contributed by atoms with van der Waals surface area (Å²) in [5.41, 5.74) is 0.448. The molecule has 1 aliphatic heterocycles. The van der Waals surface area contributed by atoms with Crippen molar-refractivity contribution in [2.45, 2.75) is 55.1 Å². The number of phenolic OH excluding ortho intramolecular Hbond substituents is 1. The van der Waals surface area contributed by atoms with Gasteiger partial charge in [-0.25, -0.2) is 0 Å². The first kappa shape index (κ1) is 16.3. The predicted molar refractivity (Wildman–Crippen MR) is 96.5 cm³/mol. The topological polar surface area (TPSA) is 78.8 Å². The summed E-state index contributed by atoms with van der Waals surface area (Å²) < 4.78 is 6.06. The zero-order valence-electron chi connectivity index (χ0n) is 14.8. The van der Waals surface area contributed by atoms with Crippen LogP contribution >= 0.6 is 0 Å². The summed E-state index contributed by atoms with van der Waals surface area (Å²) in [4.78, 5) is 12.8. The minimum atomic E-state index is -0.916. The highest BCUT2D eigenvalue weighted by molar-refractivity contribution is 5.90. The molecule has 2 fully saturated rings. The second-order valence-corrected chi connectivity index (χ2v) is 8.28. The van der Waals surface area contributed by atoms with E-state index in [1.165, 1.54) is 5.56 Å². The zero-order chi connectivity index (χ0) is 18.1. The highest BCUT2D eigenvalue weighted by Gasteiger charge is 2.75. The van der Waals surface area contributed by atoms with Crippen molar-refractivity contribution in [2.24, 2.45) is 5.92 Å². The molecule has 0 aromatic heterocycles. The van der Waals surface area contributed by atoms with Gasteiger partial charge in [0.1, 0.15) is 0 Å². The van der Waals surface area contributed by atoms with Gasteiger partial charge >= 0.3 is 0 Å². The second-order valence-electron chi connectivity index (χ2n) is 8.28. The normalized spacial score (nSPS) is 38.3. The molecule has 0 saturated heterocycles. The lowest BCUT2D eigenvalue weighted by Gasteiger charge is -2.53. The van der Waals surface area contributed by atoms with Crippen molar-refractivity contribution in [3.05, 3.63) is 35.9 Å². The van der Waals surface area contributed by atoms with Crippen LogP contribution < -0.4 is 10.1 Å². The number of nitrogens with one attached hydrogen (secondary N) is 1. The summed E-state index contributed by atoms with van der Waals surface area (Å²) in [6.07, 6.45) is 4.47. The minimum Gasteiger partial charge on any atom is -0.504 e. The third kappa shape index (κ3) is 1.80. The van der Waals surface area contributed by atoms with E-state index in [1.54, 1.807) is 6.07 Å².